The predicted molar refractivity (Wildman–Crippen MR) is 139 cm³/mol. The maximum absolute atomic E-state index is 13.5. The molecule has 168 valence electrons. The monoisotopic (exact) mass is 521 g/mol. The SMILES string of the molecule is CCCN1C(=O)/C(=C/c2cc(C)n(-c3ccc(Br)cc3)c2C)C(=O)N(c2ccccc2)C1=S. The summed E-state index contributed by atoms with van der Waals surface area (Å²) in [6.45, 7) is 6.43. The van der Waals surface area contributed by atoms with Crippen molar-refractivity contribution in [3.63, 3.8) is 0 Å². The summed E-state index contributed by atoms with van der Waals surface area (Å²) < 4.78 is 3.11. The van der Waals surface area contributed by atoms with Crippen LogP contribution in [0.5, 0.6) is 0 Å². The van der Waals surface area contributed by atoms with E-state index in [2.05, 4.69) is 20.5 Å². The van der Waals surface area contributed by atoms with Gasteiger partial charge in [0.05, 0.1) is 5.69 Å². The van der Waals surface area contributed by atoms with Crippen LogP contribution in [0.4, 0.5) is 5.69 Å². The molecule has 2 heterocycles. The summed E-state index contributed by atoms with van der Waals surface area (Å²) in [4.78, 5) is 29.8. The predicted octanol–water partition coefficient (Wildman–Crippen LogP) is 5.81. The molecule has 1 aliphatic rings. The number of anilines is 1. The number of amides is 2. The second kappa shape index (κ2) is 9.45. The molecule has 0 unspecified atom stereocenters. The van der Waals surface area contributed by atoms with Gasteiger partial charge in [-0.05, 0) is 86.6 Å². The molecule has 1 fully saturated rings. The van der Waals surface area contributed by atoms with Gasteiger partial charge in [0.1, 0.15) is 5.57 Å². The molecule has 2 aromatic carbocycles. The molecule has 0 spiro atoms. The Morgan fingerprint density at radius 3 is 2.24 bits per heavy atom. The minimum absolute atomic E-state index is 0.108. The van der Waals surface area contributed by atoms with Crippen molar-refractivity contribution in [2.75, 3.05) is 11.4 Å². The van der Waals surface area contributed by atoms with E-state index in [0.717, 1.165) is 33.5 Å². The molecule has 1 saturated heterocycles. The molecule has 0 bridgehead atoms. The Hall–Kier alpha value is -3.03. The van der Waals surface area contributed by atoms with Gasteiger partial charge in [-0.3, -0.25) is 19.4 Å². The van der Waals surface area contributed by atoms with Crippen LogP contribution in [0.3, 0.4) is 0 Å². The van der Waals surface area contributed by atoms with Gasteiger partial charge >= 0.3 is 0 Å². The lowest BCUT2D eigenvalue weighted by atomic mass is 10.1. The lowest BCUT2D eigenvalue weighted by Crippen LogP contribution is -2.56. The molecule has 5 nitrogen and oxygen atoms in total. The smallest absolute Gasteiger partial charge is 0.270 e. The number of halogens is 1. The maximum Gasteiger partial charge on any atom is 0.270 e. The fraction of sp³-hybridized carbons (Fsp3) is 0.192. The summed E-state index contributed by atoms with van der Waals surface area (Å²) in [6, 6.07) is 19.2. The number of aromatic nitrogens is 1. The normalized spacial score (nSPS) is 15.6. The van der Waals surface area contributed by atoms with E-state index in [9.17, 15) is 9.59 Å². The molecule has 2 amide bonds. The first-order valence-corrected chi connectivity index (χ1v) is 12.0. The Balaban J connectivity index is 1.81. The minimum atomic E-state index is -0.406. The Morgan fingerprint density at radius 2 is 1.61 bits per heavy atom. The van der Waals surface area contributed by atoms with E-state index in [1.54, 1.807) is 6.08 Å². The first-order chi connectivity index (χ1) is 15.8. The highest BCUT2D eigenvalue weighted by molar-refractivity contribution is 9.10. The van der Waals surface area contributed by atoms with Gasteiger partial charge in [0.25, 0.3) is 11.8 Å². The summed E-state index contributed by atoms with van der Waals surface area (Å²) in [7, 11) is 0. The van der Waals surface area contributed by atoms with Crippen molar-refractivity contribution in [2.24, 2.45) is 0 Å². The second-order valence-corrected chi connectivity index (χ2v) is 9.19. The molecule has 7 heteroatoms. The molecule has 0 aliphatic carbocycles. The quantitative estimate of drug-likeness (QED) is 0.241. The Morgan fingerprint density at radius 1 is 0.939 bits per heavy atom. The van der Waals surface area contributed by atoms with Crippen LogP contribution in [0.25, 0.3) is 11.8 Å². The van der Waals surface area contributed by atoms with Crippen LogP contribution >= 0.6 is 28.1 Å². The van der Waals surface area contributed by atoms with Crippen LogP contribution < -0.4 is 4.90 Å². The molecule has 1 aromatic heterocycles. The van der Waals surface area contributed by atoms with E-state index < -0.39 is 5.91 Å². The molecular formula is C26H24BrN3O2S. The molecule has 0 atom stereocenters. The zero-order chi connectivity index (χ0) is 23.7. The number of hydrogen-bond donors (Lipinski definition) is 0. The van der Waals surface area contributed by atoms with Crippen molar-refractivity contribution in [1.82, 2.24) is 9.47 Å². The topological polar surface area (TPSA) is 45.6 Å². The first-order valence-electron chi connectivity index (χ1n) is 10.8. The van der Waals surface area contributed by atoms with E-state index in [1.165, 1.54) is 9.80 Å². The summed E-state index contributed by atoms with van der Waals surface area (Å²) in [6.07, 6.45) is 2.43. The van der Waals surface area contributed by atoms with Gasteiger partial charge in [0.15, 0.2) is 5.11 Å². The zero-order valence-corrected chi connectivity index (χ0v) is 21.1. The standard InChI is InChI=1S/C26H24BrN3O2S/c1-4-14-28-24(31)23(25(32)30(26(28)33)21-8-6-5-7-9-21)16-19-15-17(2)29(18(19)3)22-12-10-20(27)11-13-22/h5-13,15-16H,4,14H2,1-3H3/b23-16-. The Bertz CT molecular complexity index is 1260. The van der Waals surface area contributed by atoms with Crippen LogP contribution in [0.1, 0.15) is 30.3 Å². The van der Waals surface area contributed by atoms with Gasteiger partial charge in [-0.1, -0.05) is 41.1 Å². The van der Waals surface area contributed by atoms with Gasteiger partial charge in [0.2, 0.25) is 0 Å². The van der Waals surface area contributed by atoms with E-state index >= 15 is 0 Å². The average molecular weight is 522 g/mol. The minimum Gasteiger partial charge on any atom is -0.318 e. The molecule has 0 radical (unpaired) electrons. The van der Waals surface area contributed by atoms with Gasteiger partial charge in [-0.15, -0.1) is 0 Å². The summed E-state index contributed by atoms with van der Waals surface area (Å²) in [5.41, 5.74) is 4.55. The van der Waals surface area contributed by atoms with Crippen LogP contribution in [0.15, 0.2) is 70.7 Å². The lowest BCUT2D eigenvalue weighted by molar-refractivity contribution is -0.127. The summed E-state index contributed by atoms with van der Waals surface area (Å²) in [5, 5.41) is 0.218. The van der Waals surface area contributed by atoms with Crippen molar-refractivity contribution in [2.45, 2.75) is 27.2 Å². The molecule has 3 aromatic rings. The highest BCUT2D eigenvalue weighted by Gasteiger charge is 2.40. The van der Waals surface area contributed by atoms with Crippen LogP contribution in [0.2, 0.25) is 0 Å². The van der Waals surface area contributed by atoms with E-state index in [4.69, 9.17) is 12.2 Å². The second-order valence-electron chi connectivity index (χ2n) is 7.91. The Labute approximate surface area is 207 Å². The number of benzene rings is 2. The largest absolute Gasteiger partial charge is 0.318 e. The van der Waals surface area contributed by atoms with Crippen LogP contribution in [0, 0.1) is 13.8 Å². The summed E-state index contributed by atoms with van der Waals surface area (Å²) in [5.74, 6) is -0.760. The van der Waals surface area contributed by atoms with Gasteiger partial charge in [0, 0.05) is 28.1 Å². The van der Waals surface area contributed by atoms with Gasteiger partial charge in [-0.2, -0.15) is 0 Å². The van der Waals surface area contributed by atoms with E-state index in [1.807, 2.05) is 81.4 Å². The molecule has 0 N–H and O–H groups in total. The van der Waals surface area contributed by atoms with Crippen molar-refractivity contribution >= 4 is 56.8 Å². The highest BCUT2D eigenvalue weighted by atomic mass is 79.9. The first kappa shape index (κ1) is 23.1. The third kappa shape index (κ3) is 4.30. The summed E-state index contributed by atoms with van der Waals surface area (Å²) >= 11 is 9.04. The fourth-order valence-corrected chi connectivity index (χ4v) is 4.70. The molecule has 1 aliphatic heterocycles. The molecule has 0 saturated carbocycles. The van der Waals surface area contributed by atoms with Crippen LogP contribution in [-0.2, 0) is 9.59 Å². The number of nitrogens with zero attached hydrogens (tertiary/aromatic N) is 3. The van der Waals surface area contributed by atoms with Crippen molar-refractivity contribution in [3.05, 3.63) is 87.7 Å². The lowest BCUT2D eigenvalue weighted by Gasteiger charge is -2.36. The number of hydrogen-bond acceptors (Lipinski definition) is 3. The van der Waals surface area contributed by atoms with Crippen molar-refractivity contribution in [1.29, 1.82) is 0 Å². The average Bonchev–Trinajstić information content (AvgIpc) is 3.08. The van der Waals surface area contributed by atoms with E-state index in [-0.39, 0.29) is 16.6 Å². The van der Waals surface area contributed by atoms with E-state index in [0.29, 0.717) is 12.2 Å². The van der Waals surface area contributed by atoms with Crippen molar-refractivity contribution < 1.29 is 9.59 Å². The molecular weight excluding hydrogens is 498 g/mol. The molecule has 33 heavy (non-hydrogen) atoms. The fourth-order valence-electron chi connectivity index (χ4n) is 4.08. The number of para-hydroxylation sites is 1. The van der Waals surface area contributed by atoms with Crippen molar-refractivity contribution in [3.8, 4) is 5.69 Å². The number of carbonyl (C=O) groups is 2. The van der Waals surface area contributed by atoms with Gasteiger partial charge in [-0.25, -0.2) is 0 Å². The number of carbonyl (C=O) groups excluding carboxylic acids is 2. The molecule has 4 rings (SSSR count). The maximum atomic E-state index is 13.5. The number of thiocarbonyl (C=S) groups is 1. The number of aryl methyl sites for hydroxylation is 1. The zero-order valence-electron chi connectivity index (χ0n) is 18.7. The highest BCUT2D eigenvalue weighted by Crippen LogP contribution is 2.29. The van der Waals surface area contributed by atoms with Crippen LogP contribution in [-0.4, -0.2) is 32.9 Å². The third-order valence-corrected chi connectivity index (χ3v) is 6.58. The van der Waals surface area contributed by atoms with Gasteiger partial charge < -0.3 is 4.57 Å². The Kier molecular flexibility index (Phi) is 6.63. The number of rotatable bonds is 5. The third-order valence-electron chi connectivity index (χ3n) is 5.65.